The highest BCUT2D eigenvalue weighted by molar-refractivity contribution is 7.89. The predicted octanol–water partition coefficient (Wildman–Crippen LogP) is 3.62. The van der Waals surface area contributed by atoms with Crippen molar-refractivity contribution in [1.29, 1.82) is 0 Å². The zero-order chi connectivity index (χ0) is 19.0. The van der Waals surface area contributed by atoms with Gasteiger partial charge in [0.1, 0.15) is 0 Å². The molecule has 2 aliphatic heterocycles. The summed E-state index contributed by atoms with van der Waals surface area (Å²) in [5, 5.41) is 0. The van der Waals surface area contributed by atoms with Crippen molar-refractivity contribution in [3.8, 4) is 0 Å². The molecule has 0 aromatic heterocycles. The van der Waals surface area contributed by atoms with Crippen LogP contribution in [0.25, 0.3) is 0 Å². The van der Waals surface area contributed by atoms with Crippen LogP contribution < -0.4 is 0 Å². The van der Waals surface area contributed by atoms with Gasteiger partial charge in [-0.05, 0) is 68.0 Å². The van der Waals surface area contributed by atoms with Gasteiger partial charge in [0.25, 0.3) is 0 Å². The number of sulfonamides is 1. The summed E-state index contributed by atoms with van der Waals surface area (Å²) in [6.45, 7) is 4.21. The van der Waals surface area contributed by atoms with E-state index in [1.807, 2.05) is 19.1 Å². The number of hydrogen-bond donors (Lipinski definition) is 0. The molecule has 1 saturated heterocycles. The molecule has 0 amide bonds. The van der Waals surface area contributed by atoms with Crippen LogP contribution in [0.15, 0.2) is 53.4 Å². The third-order valence-corrected chi connectivity index (χ3v) is 8.05. The fourth-order valence-electron chi connectivity index (χ4n) is 4.69. The number of nitrogens with zero attached hydrogens (tertiary/aromatic N) is 2. The van der Waals surface area contributed by atoms with E-state index in [1.165, 1.54) is 11.1 Å². The summed E-state index contributed by atoms with van der Waals surface area (Å²) in [4.78, 5) is 2.87. The summed E-state index contributed by atoms with van der Waals surface area (Å²) in [5.41, 5.74) is 3.87. The molecule has 1 atom stereocenters. The van der Waals surface area contributed by atoms with Crippen LogP contribution >= 0.6 is 0 Å². The monoisotopic (exact) mass is 384 g/mol. The smallest absolute Gasteiger partial charge is 0.243 e. The van der Waals surface area contributed by atoms with Gasteiger partial charge in [-0.25, -0.2) is 8.42 Å². The van der Waals surface area contributed by atoms with E-state index in [0.717, 1.165) is 31.4 Å². The van der Waals surface area contributed by atoms with Gasteiger partial charge < -0.3 is 0 Å². The molecule has 1 unspecified atom stereocenters. The first-order valence-corrected chi connectivity index (χ1v) is 11.3. The summed E-state index contributed by atoms with van der Waals surface area (Å²) in [7, 11) is -1.19. The lowest BCUT2D eigenvalue weighted by molar-refractivity contribution is 0.122. The van der Waals surface area contributed by atoms with Gasteiger partial charge >= 0.3 is 0 Å². The van der Waals surface area contributed by atoms with Gasteiger partial charge in [0.2, 0.25) is 10.0 Å². The lowest BCUT2D eigenvalue weighted by Crippen LogP contribution is -2.44. The summed E-state index contributed by atoms with van der Waals surface area (Å²) in [5.74, 6) is 0.500. The van der Waals surface area contributed by atoms with Crippen molar-refractivity contribution in [1.82, 2.24) is 9.21 Å². The first kappa shape index (κ1) is 18.7. The molecule has 1 fully saturated rings. The lowest BCUT2D eigenvalue weighted by atomic mass is 9.80. The molecule has 4 nitrogen and oxygen atoms in total. The highest BCUT2D eigenvalue weighted by atomic mass is 32.2. The van der Waals surface area contributed by atoms with Crippen LogP contribution in [-0.2, 0) is 16.4 Å². The van der Waals surface area contributed by atoms with E-state index in [4.69, 9.17) is 0 Å². The van der Waals surface area contributed by atoms with Crippen LogP contribution in [0.5, 0.6) is 0 Å². The van der Waals surface area contributed by atoms with Crippen molar-refractivity contribution < 1.29 is 8.42 Å². The average molecular weight is 385 g/mol. The second-order valence-electron chi connectivity index (χ2n) is 7.93. The van der Waals surface area contributed by atoms with Gasteiger partial charge in [-0.1, -0.05) is 36.4 Å². The molecule has 0 aliphatic carbocycles. The van der Waals surface area contributed by atoms with Crippen LogP contribution in [0, 0.1) is 12.8 Å². The Kier molecular flexibility index (Phi) is 5.10. The molecule has 27 heavy (non-hydrogen) atoms. The molecule has 2 aromatic rings. The Balaban J connectivity index is 1.51. The number of piperidine rings is 1. The number of benzene rings is 2. The molecule has 144 valence electrons. The molecular weight excluding hydrogens is 356 g/mol. The predicted molar refractivity (Wildman–Crippen MR) is 108 cm³/mol. The summed E-state index contributed by atoms with van der Waals surface area (Å²) >= 11 is 0. The van der Waals surface area contributed by atoms with Gasteiger partial charge in [0.15, 0.2) is 0 Å². The zero-order valence-corrected chi connectivity index (χ0v) is 17.0. The molecule has 5 heteroatoms. The van der Waals surface area contributed by atoms with Crippen LogP contribution in [-0.4, -0.2) is 44.3 Å². The zero-order valence-electron chi connectivity index (χ0n) is 16.1. The Hall–Kier alpha value is -1.69. The Labute approximate surface area is 162 Å². The molecule has 2 aliphatic rings. The van der Waals surface area contributed by atoms with E-state index in [9.17, 15) is 8.42 Å². The summed E-state index contributed by atoms with van der Waals surface area (Å²) < 4.78 is 27.7. The maximum absolute atomic E-state index is 13.0. The Bertz CT molecular complexity index is 917. The van der Waals surface area contributed by atoms with Gasteiger partial charge in [0.05, 0.1) is 4.90 Å². The van der Waals surface area contributed by atoms with Crippen molar-refractivity contribution in [3.05, 3.63) is 65.2 Å². The number of likely N-dealkylation sites (N-methyl/N-ethyl adjacent to an activating group) is 1. The molecule has 4 rings (SSSR count). The van der Waals surface area contributed by atoms with Gasteiger partial charge in [0, 0.05) is 25.7 Å². The SMILES string of the molecule is Cc1cccc(S(=O)(=O)N2CCC(C3c4ccccc4CCN3C)CC2)c1. The van der Waals surface area contributed by atoms with Crippen molar-refractivity contribution >= 4 is 10.0 Å². The molecule has 2 aromatic carbocycles. The largest absolute Gasteiger partial charge is 0.299 e. The number of rotatable bonds is 3. The van der Waals surface area contributed by atoms with Crippen molar-refractivity contribution in [3.63, 3.8) is 0 Å². The molecule has 0 saturated carbocycles. The third-order valence-electron chi connectivity index (χ3n) is 6.15. The van der Waals surface area contributed by atoms with Crippen molar-refractivity contribution in [2.24, 2.45) is 5.92 Å². The molecule has 0 bridgehead atoms. The van der Waals surface area contributed by atoms with Gasteiger partial charge in [-0.15, -0.1) is 0 Å². The second kappa shape index (κ2) is 7.38. The van der Waals surface area contributed by atoms with Crippen LogP contribution in [0.4, 0.5) is 0 Å². The molecule has 0 spiro atoms. The second-order valence-corrected chi connectivity index (χ2v) is 9.87. The minimum Gasteiger partial charge on any atom is -0.299 e. The normalized spacial score (nSPS) is 22.5. The highest BCUT2D eigenvalue weighted by Gasteiger charge is 2.36. The van der Waals surface area contributed by atoms with E-state index in [-0.39, 0.29) is 0 Å². The van der Waals surface area contributed by atoms with E-state index in [2.05, 4.69) is 36.2 Å². The Morgan fingerprint density at radius 2 is 1.70 bits per heavy atom. The van der Waals surface area contributed by atoms with Crippen LogP contribution in [0.1, 0.15) is 35.6 Å². The molecule has 0 radical (unpaired) electrons. The van der Waals surface area contributed by atoms with Crippen LogP contribution in [0.3, 0.4) is 0 Å². The quantitative estimate of drug-likeness (QED) is 0.811. The maximum Gasteiger partial charge on any atom is 0.243 e. The van der Waals surface area contributed by atoms with E-state index < -0.39 is 10.0 Å². The van der Waals surface area contributed by atoms with E-state index >= 15 is 0 Å². The Morgan fingerprint density at radius 1 is 0.963 bits per heavy atom. The van der Waals surface area contributed by atoms with Crippen molar-refractivity contribution in [2.45, 2.75) is 37.1 Å². The minimum absolute atomic E-state index is 0.402. The standard InChI is InChI=1S/C22H28N2O2S/c1-17-6-5-8-20(16-17)27(25,26)24-14-11-19(12-15-24)22-21-9-4-3-7-18(21)10-13-23(22)2/h3-9,16,19,22H,10-15H2,1-2H3. The van der Waals surface area contributed by atoms with E-state index in [1.54, 1.807) is 16.4 Å². The van der Waals surface area contributed by atoms with Gasteiger partial charge in [-0.2, -0.15) is 4.31 Å². The van der Waals surface area contributed by atoms with E-state index in [0.29, 0.717) is 29.9 Å². The van der Waals surface area contributed by atoms with Gasteiger partial charge in [-0.3, -0.25) is 4.90 Å². The van der Waals surface area contributed by atoms with Crippen molar-refractivity contribution in [2.75, 3.05) is 26.7 Å². The number of aryl methyl sites for hydroxylation is 1. The minimum atomic E-state index is -3.39. The molecular formula is C22H28N2O2S. The first-order valence-electron chi connectivity index (χ1n) is 9.81. The summed E-state index contributed by atoms with van der Waals surface area (Å²) in [6.07, 6.45) is 2.92. The fraction of sp³-hybridized carbons (Fsp3) is 0.455. The molecule has 2 heterocycles. The maximum atomic E-state index is 13.0. The Morgan fingerprint density at radius 3 is 2.44 bits per heavy atom. The first-order chi connectivity index (χ1) is 13.0. The summed E-state index contributed by atoms with van der Waals surface area (Å²) in [6, 6.07) is 16.4. The highest BCUT2D eigenvalue weighted by Crippen LogP contribution is 2.39. The number of hydrogen-bond acceptors (Lipinski definition) is 3. The third kappa shape index (κ3) is 3.56. The van der Waals surface area contributed by atoms with Crippen LogP contribution in [0.2, 0.25) is 0 Å². The number of fused-ring (bicyclic) bond motifs is 1. The topological polar surface area (TPSA) is 40.6 Å². The molecule has 0 N–H and O–H groups in total. The fourth-order valence-corrected chi connectivity index (χ4v) is 6.27. The average Bonchev–Trinajstić information content (AvgIpc) is 2.68. The lowest BCUT2D eigenvalue weighted by Gasteiger charge is -2.42.